The van der Waals surface area contributed by atoms with Gasteiger partial charge in [-0.05, 0) is 37.8 Å². The van der Waals surface area contributed by atoms with Crippen LogP contribution in [-0.4, -0.2) is 10.5 Å². The van der Waals surface area contributed by atoms with Crippen molar-refractivity contribution in [2.45, 2.75) is 36.6 Å². The predicted molar refractivity (Wildman–Crippen MR) is 56.3 cm³/mol. The van der Waals surface area contributed by atoms with Crippen molar-refractivity contribution in [3.05, 3.63) is 29.0 Å². The molecular weight excluding hydrogens is 196 g/mol. The maximum Gasteiger partial charge on any atom is 0.0589 e. The zero-order valence-electron chi connectivity index (χ0n) is 7.96. The van der Waals surface area contributed by atoms with Gasteiger partial charge in [0, 0.05) is 22.8 Å². The molecule has 74 valence electrons. The van der Waals surface area contributed by atoms with Gasteiger partial charge < -0.3 is 5.73 Å². The molecule has 1 aromatic heterocycles. The SMILES string of the molecule is NC1(C2(c3ccc(Cl)cn3)CC2)CC1. The number of halogens is 1. The molecule has 1 heterocycles. The van der Waals surface area contributed by atoms with Gasteiger partial charge in [0.15, 0.2) is 0 Å². The van der Waals surface area contributed by atoms with Crippen molar-refractivity contribution >= 4 is 11.6 Å². The Morgan fingerprint density at radius 1 is 1.21 bits per heavy atom. The molecule has 0 amide bonds. The third kappa shape index (κ3) is 1.04. The highest BCUT2D eigenvalue weighted by Crippen LogP contribution is 2.63. The normalized spacial score (nSPS) is 25.9. The highest BCUT2D eigenvalue weighted by atomic mass is 35.5. The van der Waals surface area contributed by atoms with Crippen LogP contribution in [0.2, 0.25) is 5.02 Å². The number of nitrogens with two attached hydrogens (primary N) is 1. The second-order valence-electron chi connectivity index (χ2n) is 4.60. The molecule has 0 radical (unpaired) electrons. The van der Waals surface area contributed by atoms with Crippen LogP contribution in [0.5, 0.6) is 0 Å². The Morgan fingerprint density at radius 2 is 1.93 bits per heavy atom. The summed E-state index contributed by atoms with van der Waals surface area (Å²) >= 11 is 5.82. The topological polar surface area (TPSA) is 38.9 Å². The van der Waals surface area contributed by atoms with Crippen molar-refractivity contribution in [3.63, 3.8) is 0 Å². The van der Waals surface area contributed by atoms with Crippen LogP contribution in [-0.2, 0) is 5.41 Å². The van der Waals surface area contributed by atoms with Crippen LogP contribution in [0.4, 0.5) is 0 Å². The van der Waals surface area contributed by atoms with Crippen LogP contribution in [0.25, 0.3) is 0 Å². The molecule has 0 bridgehead atoms. The predicted octanol–water partition coefficient (Wildman–Crippen LogP) is 2.26. The molecule has 0 saturated heterocycles. The van der Waals surface area contributed by atoms with Gasteiger partial charge in [0.05, 0.1) is 5.02 Å². The number of pyridine rings is 1. The molecule has 2 nitrogen and oxygen atoms in total. The fraction of sp³-hybridized carbons (Fsp3) is 0.545. The second-order valence-corrected chi connectivity index (χ2v) is 5.04. The Kier molecular flexibility index (Phi) is 1.55. The van der Waals surface area contributed by atoms with E-state index in [0.29, 0.717) is 5.02 Å². The highest BCUT2D eigenvalue weighted by Gasteiger charge is 2.64. The van der Waals surface area contributed by atoms with E-state index >= 15 is 0 Å². The van der Waals surface area contributed by atoms with Gasteiger partial charge in [-0.2, -0.15) is 0 Å². The Morgan fingerprint density at radius 3 is 2.36 bits per heavy atom. The molecule has 3 rings (SSSR count). The van der Waals surface area contributed by atoms with E-state index in [9.17, 15) is 0 Å². The van der Waals surface area contributed by atoms with E-state index in [4.69, 9.17) is 17.3 Å². The third-order valence-electron chi connectivity index (χ3n) is 3.71. The maximum absolute atomic E-state index is 6.28. The number of hydrogen-bond donors (Lipinski definition) is 1. The smallest absolute Gasteiger partial charge is 0.0589 e. The molecule has 2 saturated carbocycles. The van der Waals surface area contributed by atoms with Crippen molar-refractivity contribution in [2.24, 2.45) is 5.73 Å². The van der Waals surface area contributed by atoms with E-state index in [1.54, 1.807) is 6.20 Å². The molecule has 0 atom stereocenters. The minimum absolute atomic E-state index is 0.0494. The lowest BCUT2D eigenvalue weighted by Crippen LogP contribution is -2.37. The molecule has 0 aromatic carbocycles. The van der Waals surface area contributed by atoms with E-state index < -0.39 is 0 Å². The zero-order chi connectivity index (χ0) is 9.81. The lowest BCUT2D eigenvalue weighted by molar-refractivity contribution is 0.491. The summed E-state index contributed by atoms with van der Waals surface area (Å²) < 4.78 is 0. The lowest BCUT2D eigenvalue weighted by Gasteiger charge is -2.21. The first kappa shape index (κ1) is 8.69. The van der Waals surface area contributed by atoms with Crippen LogP contribution in [0.15, 0.2) is 18.3 Å². The fourth-order valence-corrected chi connectivity index (χ4v) is 2.52. The van der Waals surface area contributed by atoms with E-state index in [-0.39, 0.29) is 11.0 Å². The average molecular weight is 209 g/mol. The average Bonchev–Trinajstić information content (AvgIpc) is 3.01. The van der Waals surface area contributed by atoms with Gasteiger partial charge in [-0.1, -0.05) is 11.6 Å². The second kappa shape index (κ2) is 2.50. The Bertz CT molecular complexity index is 363. The molecular formula is C11H13ClN2. The van der Waals surface area contributed by atoms with Crippen molar-refractivity contribution in [1.82, 2.24) is 4.98 Å². The van der Waals surface area contributed by atoms with Gasteiger partial charge in [0.25, 0.3) is 0 Å². The van der Waals surface area contributed by atoms with Gasteiger partial charge in [-0.3, -0.25) is 4.98 Å². The van der Waals surface area contributed by atoms with Crippen LogP contribution >= 0.6 is 11.6 Å². The largest absolute Gasteiger partial charge is 0.324 e. The van der Waals surface area contributed by atoms with Crippen molar-refractivity contribution < 1.29 is 0 Å². The molecule has 2 N–H and O–H groups in total. The van der Waals surface area contributed by atoms with Crippen LogP contribution in [0.3, 0.4) is 0 Å². The number of rotatable bonds is 2. The first-order valence-electron chi connectivity index (χ1n) is 5.07. The summed E-state index contributed by atoms with van der Waals surface area (Å²) in [5.74, 6) is 0. The standard InChI is InChI=1S/C11H13ClN2/c12-8-1-2-9(14-7-8)10(3-4-10)11(13)5-6-11/h1-2,7H,3-6,13H2. The maximum atomic E-state index is 6.28. The fourth-order valence-electron chi connectivity index (χ4n) is 2.41. The molecule has 2 aliphatic rings. The summed E-state index contributed by atoms with van der Waals surface area (Å²) in [5, 5.41) is 0.700. The summed E-state index contributed by atoms with van der Waals surface area (Å²) in [7, 11) is 0. The molecule has 2 fully saturated rings. The number of aromatic nitrogens is 1. The van der Waals surface area contributed by atoms with E-state index in [1.165, 1.54) is 12.8 Å². The first-order valence-corrected chi connectivity index (χ1v) is 5.45. The summed E-state index contributed by atoms with van der Waals surface area (Å²) in [4.78, 5) is 4.41. The lowest BCUT2D eigenvalue weighted by atomic mass is 9.90. The minimum atomic E-state index is 0.0494. The minimum Gasteiger partial charge on any atom is -0.324 e. The summed E-state index contributed by atoms with van der Waals surface area (Å²) in [6, 6.07) is 3.94. The van der Waals surface area contributed by atoms with Crippen LogP contribution in [0.1, 0.15) is 31.4 Å². The molecule has 14 heavy (non-hydrogen) atoms. The molecule has 0 aliphatic heterocycles. The van der Waals surface area contributed by atoms with Gasteiger partial charge in [0.2, 0.25) is 0 Å². The first-order chi connectivity index (χ1) is 6.66. The van der Waals surface area contributed by atoms with E-state index in [1.807, 2.05) is 12.1 Å². The zero-order valence-corrected chi connectivity index (χ0v) is 8.72. The molecule has 1 aromatic rings. The van der Waals surface area contributed by atoms with Gasteiger partial charge in [-0.15, -0.1) is 0 Å². The van der Waals surface area contributed by atoms with E-state index in [0.717, 1.165) is 18.5 Å². The van der Waals surface area contributed by atoms with Gasteiger partial charge >= 0.3 is 0 Å². The highest BCUT2D eigenvalue weighted by molar-refractivity contribution is 6.30. The summed E-state index contributed by atoms with van der Waals surface area (Å²) in [6.45, 7) is 0. The number of hydrogen-bond acceptors (Lipinski definition) is 2. The molecule has 2 aliphatic carbocycles. The molecule has 0 spiro atoms. The Hall–Kier alpha value is -0.600. The van der Waals surface area contributed by atoms with Crippen LogP contribution in [0, 0.1) is 0 Å². The van der Waals surface area contributed by atoms with E-state index in [2.05, 4.69) is 4.98 Å². The molecule has 0 unspecified atom stereocenters. The van der Waals surface area contributed by atoms with Gasteiger partial charge in [0.1, 0.15) is 0 Å². The Balaban J connectivity index is 1.99. The summed E-state index contributed by atoms with van der Waals surface area (Å²) in [6.07, 6.45) is 6.41. The molecule has 3 heteroatoms. The van der Waals surface area contributed by atoms with Crippen molar-refractivity contribution in [2.75, 3.05) is 0 Å². The monoisotopic (exact) mass is 208 g/mol. The van der Waals surface area contributed by atoms with Crippen molar-refractivity contribution in [3.8, 4) is 0 Å². The van der Waals surface area contributed by atoms with Crippen molar-refractivity contribution in [1.29, 1.82) is 0 Å². The van der Waals surface area contributed by atoms with Gasteiger partial charge in [-0.25, -0.2) is 0 Å². The van der Waals surface area contributed by atoms with Crippen LogP contribution < -0.4 is 5.73 Å². The quantitative estimate of drug-likeness (QED) is 0.810. The number of nitrogens with zero attached hydrogens (tertiary/aromatic N) is 1. The third-order valence-corrected chi connectivity index (χ3v) is 3.93. The Labute approximate surface area is 88.5 Å². The summed E-state index contributed by atoms with van der Waals surface area (Å²) in [5.41, 5.74) is 7.67.